The zero-order valence-electron chi connectivity index (χ0n) is 24.5. The fourth-order valence-electron chi connectivity index (χ4n) is 4.67. The maximum absolute atomic E-state index is 12.6. The molecule has 0 atom stereocenters. The number of carbonyl (C=O) groups is 1. The third-order valence-electron chi connectivity index (χ3n) is 7.01. The van der Waals surface area contributed by atoms with Crippen molar-refractivity contribution in [1.82, 2.24) is 4.98 Å². The van der Waals surface area contributed by atoms with Crippen molar-refractivity contribution >= 4 is 17.1 Å². The van der Waals surface area contributed by atoms with E-state index in [1.54, 1.807) is 36.4 Å². The normalized spacial score (nSPS) is 11.1. The molecule has 4 rings (SSSR count). The molecule has 0 fully saturated rings. The number of hydrogen-bond donors (Lipinski definition) is 0. The van der Waals surface area contributed by atoms with Crippen LogP contribution in [0.2, 0.25) is 0 Å². The van der Waals surface area contributed by atoms with E-state index in [2.05, 4.69) is 11.9 Å². The molecule has 1 heterocycles. The Morgan fingerprint density at radius 2 is 1.34 bits per heavy atom. The van der Waals surface area contributed by atoms with Gasteiger partial charge in [0.25, 0.3) is 0 Å². The highest BCUT2D eigenvalue weighted by atomic mass is 16.5. The summed E-state index contributed by atoms with van der Waals surface area (Å²) < 4.78 is 23.3. The van der Waals surface area contributed by atoms with E-state index < -0.39 is 5.97 Å². The fraction of sp³-hybridized carbons (Fsp3) is 0.429. The molecule has 0 aliphatic carbocycles. The minimum Gasteiger partial charge on any atom is -0.494 e. The molecule has 218 valence electrons. The molecule has 41 heavy (non-hydrogen) atoms. The molecule has 0 unspecified atom stereocenters. The van der Waals surface area contributed by atoms with Gasteiger partial charge in [0.2, 0.25) is 5.89 Å². The highest BCUT2D eigenvalue weighted by Gasteiger charge is 2.14. The summed E-state index contributed by atoms with van der Waals surface area (Å²) in [7, 11) is 0. The second kappa shape index (κ2) is 16.5. The van der Waals surface area contributed by atoms with Gasteiger partial charge >= 0.3 is 5.97 Å². The first-order valence-electron chi connectivity index (χ1n) is 15.3. The lowest BCUT2D eigenvalue weighted by molar-refractivity contribution is 0.0734. The zero-order chi connectivity index (χ0) is 28.7. The van der Waals surface area contributed by atoms with Crippen LogP contribution < -0.4 is 14.2 Å². The van der Waals surface area contributed by atoms with E-state index in [1.807, 2.05) is 37.3 Å². The van der Waals surface area contributed by atoms with Gasteiger partial charge in [-0.25, -0.2) is 9.78 Å². The molecule has 0 aliphatic heterocycles. The van der Waals surface area contributed by atoms with Crippen molar-refractivity contribution in [3.8, 4) is 28.7 Å². The highest BCUT2D eigenvalue weighted by Crippen LogP contribution is 2.31. The summed E-state index contributed by atoms with van der Waals surface area (Å²) in [5, 5.41) is 0. The molecule has 0 saturated heterocycles. The van der Waals surface area contributed by atoms with Crippen molar-refractivity contribution in [2.45, 2.75) is 84.5 Å². The molecule has 0 aliphatic rings. The van der Waals surface area contributed by atoms with E-state index >= 15 is 0 Å². The highest BCUT2D eigenvalue weighted by molar-refractivity contribution is 5.91. The Hall–Kier alpha value is -3.80. The number of para-hydroxylation sites is 1. The van der Waals surface area contributed by atoms with Crippen molar-refractivity contribution in [3.05, 3.63) is 72.3 Å². The fourth-order valence-corrected chi connectivity index (χ4v) is 4.67. The molecule has 3 aromatic carbocycles. The van der Waals surface area contributed by atoms with E-state index in [-0.39, 0.29) is 0 Å². The molecular formula is C35H43NO5. The molecule has 0 radical (unpaired) electrons. The average molecular weight is 558 g/mol. The molecule has 0 spiro atoms. The van der Waals surface area contributed by atoms with Gasteiger partial charge in [0.05, 0.1) is 18.8 Å². The smallest absolute Gasteiger partial charge is 0.343 e. The van der Waals surface area contributed by atoms with Gasteiger partial charge in [0, 0.05) is 5.56 Å². The molecule has 6 heteroatoms. The summed E-state index contributed by atoms with van der Waals surface area (Å²) in [4.78, 5) is 17.2. The Morgan fingerprint density at radius 3 is 2.02 bits per heavy atom. The maximum atomic E-state index is 12.6. The second-order valence-electron chi connectivity index (χ2n) is 10.4. The molecular weight excluding hydrogens is 514 g/mol. The Balaban J connectivity index is 1.25. The Labute approximate surface area is 244 Å². The van der Waals surface area contributed by atoms with Crippen LogP contribution in [0.1, 0.15) is 94.8 Å². The van der Waals surface area contributed by atoms with Crippen molar-refractivity contribution in [2.24, 2.45) is 0 Å². The van der Waals surface area contributed by atoms with Gasteiger partial charge in [0.15, 0.2) is 11.3 Å². The number of unbranched alkanes of at least 4 members (excludes halogenated alkanes) is 9. The minimum atomic E-state index is -0.425. The van der Waals surface area contributed by atoms with E-state index in [9.17, 15) is 4.79 Å². The van der Waals surface area contributed by atoms with E-state index in [1.165, 1.54) is 57.8 Å². The van der Waals surface area contributed by atoms with E-state index in [4.69, 9.17) is 18.6 Å². The van der Waals surface area contributed by atoms with Crippen molar-refractivity contribution in [3.63, 3.8) is 0 Å². The summed E-state index contributed by atoms with van der Waals surface area (Å²) in [5.74, 6) is 1.97. The first-order valence-corrected chi connectivity index (χ1v) is 15.3. The average Bonchev–Trinajstić information content (AvgIpc) is 3.45. The molecule has 1 aromatic heterocycles. The van der Waals surface area contributed by atoms with E-state index in [0.29, 0.717) is 41.7 Å². The predicted molar refractivity (Wildman–Crippen MR) is 164 cm³/mol. The monoisotopic (exact) mass is 557 g/mol. The number of oxazole rings is 1. The maximum Gasteiger partial charge on any atom is 0.343 e. The molecule has 0 saturated carbocycles. The Morgan fingerprint density at radius 1 is 0.683 bits per heavy atom. The molecule has 6 nitrogen and oxygen atoms in total. The quantitative estimate of drug-likeness (QED) is 0.0689. The molecule has 4 aromatic rings. The number of ether oxygens (including phenoxy) is 3. The number of rotatable bonds is 18. The topological polar surface area (TPSA) is 70.8 Å². The zero-order valence-corrected chi connectivity index (χ0v) is 24.5. The predicted octanol–water partition coefficient (Wildman–Crippen LogP) is 9.80. The summed E-state index contributed by atoms with van der Waals surface area (Å²) in [6.07, 6.45) is 13.9. The van der Waals surface area contributed by atoms with Crippen LogP contribution in [0.25, 0.3) is 22.6 Å². The van der Waals surface area contributed by atoms with Gasteiger partial charge in [-0.2, -0.15) is 0 Å². The number of esters is 1. The Bertz CT molecular complexity index is 1330. The van der Waals surface area contributed by atoms with Gasteiger partial charge in [-0.1, -0.05) is 77.7 Å². The van der Waals surface area contributed by atoms with Gasteiger partial charge in [-0.15, -0.1) is 0 Å². The summed E-state index contributed by atoms with van der Waals surface area (Å²) in [6, 6.07) is 19.9. The van der Waals surface area contributed by atoms with Crippen LogP contribution in [0.4, 0.5) is 0 Å². The number of aromatic nitrogens is 1. The third-order valence-corrected chi connectivity index (χ3v) is 7.01. The van der Waals surface area contributed by atoms with Gasteiger partial charge in [-0.3, -0.25) is 0 Å². The third kappa shape index (κ3) is 9.38. The van der Waals surface area contributed by atoms with Crippen LogP contribution >= 0.6 is 0 Å². The molecule has 0 bridgehead atoms. The lowest BCUT2D eigenvalue weighted by Crippen LogP contribution is -2.08. The molecule has 0 N–H and O–H groups in total. The first kappa shape index (κ1) is 30.2. The lowest BCUT2D eigenvalue weighted by atomic mass is 10.1. The largest absolute Gasteiger partial charge is 0.494 e. The number of fused-ring (bicyclic) bond motifs is 1. The number of benzene rings is 3. The number of hydrogen-bond acceptors (Lipinski definition) is 6. The second-order valence-corrected chi connectivity index (χ2v) is 10.4. The van der Waals surface area contributed by atoms with E-state index in [0.717, 1.165) is 29.7 Å². The summed E-state index contributed by atoms with van der Waals surface area (Å²) >= 11 is 0. The van der Waals surface area contributed by atoms with Crippen LogP contribution in [0, 0.1) is 0 Å². The summed E-state index contributed by atoms with van der Waals surface area (Å²) in [5.41, 5.74) is 2.65. The number of nitrogens with zero attached hydrogens (tertiary/aromatic N) is 1. The van der Waals surface area contributed by atoms with Crippen molar-refractivity contribution < 1.29 is 23.4 Å². The molecule has 0 amide bonds. The SMILES string of the molecule is CCCCCCCCCCCCOc1cccc2nc(-c3ccc(OC(=O)c4ccc(OCCC)cc4)cc3)oc12. The van der Waals surface area contributed by atoms with Crippen LogP contribution in [-0.4, -0.2) is 24.2 Å². The number of carbonyl (C=O) groups excluding carboxylic acids is 1. The van der Waals surface area contributed by atoms with Crippen LogP contribution in [0.3, 0.4) is 0 Å². The first-order chi connectivity index (χ1) is 20.2. The van der Waals surface area contributed by atoms with Crippen molar-refractivity contribution in [1.29, 1.82) is 0 Å². The standard InChI is InChI=1S/C35H43NO5/c1-3-5-6-7-8-9-10-11-12-13-26-39-32-16-14-15-31-33(32)41-34(36-31)27-17-23-30(24-18-27)40-35(37)28-19-21-29(22-20-28)38-25-4-2/h14-24H,3-13,25-26H2,1-2H3. The minimum absolute atomic E-state index is 0.425. The van der Waals surface area contributed by atoms with Gasteiger partial charge in [-0.05, 0) is 73.5 Å². The van der Waals surface area contributed by atoms with Crippen LogP contribution in [0.5, 0.6) is 17.2 Å². The van der Waals surface area contributed by atoms with Gasteiger partial charge in [0.1, 0.15) is 17.0 Å². The summed E-state index contributed by atoms with van der Waals surface area (Å²) in [6.45, 7) is 5.62. The van der Waals surface area contributed by atoms with Crippen molar-refractivity contribution in [2.75, 3.05) is 13.2 Å². The van der Waals surface area contributed by atoms with Crippen LogP contribution in [-0.2, 0) is 0 Å². The van der Waals surface area contributed by atoms with Crippen LogP contribution in [0.15, 0.2) is 71.1 Å². The lowest BCUT2D eigenvalue weighted by Gasteiger charge is -2.07. The Kier molecular flexibility index (Phi) is 12.1. The van der Waals surface area contributed by atoms with Gasteiger partial charge < -0.3 is 18.6 Å².